The van der Waals surface area contributed by atoms with Crippen molar-refractivity contribution in [2.75, 3.05) is 0 Å². The Labute approximate surface area is 90.5 Å². The van der Waals surface area contributed by atoms with Gasteiger partial charge in [-0.2, -0.15) is 0 Å². The minimum absolute atomic E-state index is 0.168. The van der Waals surface area contributed by atoms with E-state index < -0.39 is 5.82 Å². The molecule has 2 rings (SSSR count). The predicted molar refractivity (Wildman–Crippen MR) is 54.9 cm³/mol. The van der Waals surface area contributed by atoms with Crippen molar-refractivity contribution in [1.29, 1.82) is 0 Å². The highest BCUT2D eigenvalue weighted by atomic mass is 35.5. The summed E-state index contributed by atoms with van der Waals surface area (Å²) in [4.78, 5) is 6.71. The summed E-state index contributed by atoms with van der Waals surface area (Å²) in [6, 6.07) is 4.42. The third-order valence-corrected chi connectivity index (χ3v) is 2.31. The van der Waals surface area contributed by atoms with Crippen LogP contribution in [0.3, 0.4) is 0 Å². The molecule has 0 aliphatic rings. The summed E-state index contributed by atoms with van der Waals surface area (Å²) in [6.45, 7) is -0.168. The summed E-state index contributed by atoms with van der Waals surface area (Å²) in [7, 11) is 0. The fourth-order valence-electron chi connectivity index (χ4n) is 1.29. The minimum Gasteiger partial charge on any atom is -0.390 e. The first-order chi connectivity index (χ1) is 7.22. The van der Waals surface area contributed by atoms with Crippen LogP contribution in [0.5, 0.6) is 0 Å². The average molecular weight is 227 g/mol. The lowest BCUT2D eigenvalue weighted by atomic mass is 10.2. The van der Waals surface area contributed by atoms with Gasteiger partial charge in [0.1, 0.15) is 11.6 Å². The molecule has 0 bridgehead atoms. The second-order valence-electron chi connectivity index (χ2n) is 3.01. The van der Waals surface area contributed by atoms with Gasteiger partial charge >= 0.3 is 0 Å². The van der Waals surface area contributed by atoms with E-state index in [1.165, 1.54) is 18.3 Å². The maximum atomic E-state index is 13.4. The zero-order chi connectivity index (χ0) is 10.8. The summed E-state index contributed by atoms with van der Waals surface area (Å²) >= 11 is 5.85. The molecule has 78 valence electrons. The molecule has 2 aromatic rings. The highest BCUT2D eigenvalue weighted by Gasteiger charge is 2.12. The number of aliphatic hydroxyl groups is 1. The molecule has 1 aromatic heterocycles. The van der Waals surface area contributed by atoms with Crippen LogP contribution < -0.4 is 0 Å². The van der Waals surface area contributed by atoms with E-state index in [2.05, 4.69) is 9.97 Å². The third-order valence-electron chi connectivity index (χ3n) is 2.00. The topological polar surface area (TPSA) is 48.9 Å². The molecule has 0 aliphatic carbocycles. The first-order valence-electron chi connectivity index (χ1n) is 4.31. The zero-order valence-corrected chi connectivity index (χ0v) is 8.42. The summed E-state index contributed by atoms with van der Waals surface area (Å²) in [5, 5.41) is 9.12. The first kappa shape index (κ1) is 10.1. The number of imidazole rings is 1. The Morgan fingerprint density at radius 1 is 1.47 bits per heavy atom. The Morgan fingerprint density at radius 3 is 2.87 bits per heavy atom. The van der Waals surface area contributed by atoms with Gasteiger partial charge in [-0.15, -0.1) is 0 Å². The van der Waals surface area contributed by atoms with Crippen molar-refractivity contribution in [2.45, 2.75) is 6.61 Å². The number of nitrogens with zero attached hydrogens (tertiary/aromatic N) is 1. The number of aromatic amines is 1. The Bertz CT molecular complexity index is 464. The fraction of sp³-hybridized carbons (Fsp3) is 0.100. The molecular weight excluding hydrogens is 219 g/mol. The van der Waals surface area contributed by atoms with Gasteiger partial charge in [0.25, 0.3) is 0 Å². The lowest BCUT2D eigenvalue weighted by Gasteiger charge is -2.01. The lowest BCUT2D eigenvalue weighted by molar-refractivity contribution is 0.277. The predicted octanol–water partition coefficient (Wildman–Crippen LogP) is 2.36. The summed E-state index contributed by atoms with van der Waals surface area (Å²) in [5.74, 6) is -0.122. The van der Waals surface area contributed by atoms with Crippen LogP contribution in [0.1, 0.15) is 5.69 Å². The van der Waals surface area contributed by atoms with Gasteiger partial charge in [-0.25, -0.2) is 9.37 Å². The summed E-state index contributed by atoms with van der Waals surface area (Å²) < 4.78 is 13.4. The molecule has 5 heteroatoms. The SMILES string of the molecule is OCc1cnc(-c2c(F)cccc2Cl)[nH]1. The van der Waals surface area contributed by atoms with Gasteiger partial charge in [0, 0.05) is 0 Å². The van der Waals surface area contributed by atoms with Gasteiger partial charge in [-0.05, 0) is 12.1 Å². The standard InChI is InChI=1S/C10H8ClFN2O/c11-7-2-1-3-8(12)9(7)10-13-4-6(5-15)14-10/h1-4,15H,5H2,(H,13,14). The number of nitrogens with one attached hydrogen (secondary N) is 1. The Balaban J connectivity index is 2.53. The van der Waals surface area contributed by atoms with Crippen molar-refractivity contribution in [3.05, 3.63) is 40.9 Å². The third kappa shape index (κ3) is 1.86. The summed E-state index contributed by atoms with van der Waals surface area (Å²) in [6.07, 6.45) is 1.44. The van der Waals surface area contributed by atoms with Gasteiger partial charge in [0.2, 0.25) is 0 Å². The quantitative estimate of drug-likeness (QED) is 0.826. The van der Waals surface area contributed by atoms with Gasteiger partial charge in [0.15, 0.2) is 0 Å². The molecule has 1 aromatic carbocycles. The van der Waals surface area contributed by atoms with E-state index in [-0.39, 0.29) is 17.2 Å². The van der Waals surface area contributed by atoms with E-state index in [1.807, 2.05) is 0 Å². The van der Waals surface area contributed by atoms with Crippen molar-refractivity contribution in [3.63, 3.8) is 0 Å². The number of rotatable bonds is 2. The second kappa shape index (κ2) is 4.00. The Morgan fingerprint density at radius 2 is 2.27 bits per heavy atom. The number of hydrogen-bond acceptors (Lipinski definition) is 2. The molecule has 0 saturated heterocycles. The monoisotopic (exact) mass is 226 g/mol. The molecule has 15 heavy (non-hydrogen) atoms. The smallest absolute Gasteiger partial charge is 0.142 e. The van der Waals surface area contributed by atoms with Gasteiger partial charge in [-0.3, -0.25) is 0 Å². The van der Waals surface area contributed by atoms with Crippen molar-refractivity contribution in [1.82, 2.24) is 9.97 Å². The molecule has 2 N–H and O–H groups in total. The second-order valence-corrected chi connectivity index (χ2v) is 3.42. The number of hydrogen-bond donors (Lipinski definition) is 2. The van der Waals surface area contributed by atoms with Crippen LogP contribution in [0, 0.1) is 5.82 Å². The zero-order valence-electron chi connectivity index (χ0n) is 7.67. The number of H-pyrrole nitrogens is 1. The highest BCUT2D eigenvalue weighted by Crippen LogP contribution is 2.28. The van der Waals surface area contributed by atoms with Crippen LogP contribution in [0.4, 0.5) is 4.39 Å². The maximum Gasteiger partial charge on any atom is 0.142 e. The van der Waals surface area contributed by atoms with E-state index in [9.17, 15) is 4.39 Å². The molecule has 0 radical (unpaired) electrons. The van der Waals surface area contributed by atoms with Crippen LogP contribution in [0.25, 0.3) is 11.4 Å². The Kier molecular flexibility index (Phi) is 2.70. The van der Waals surface area contributed by atoms with Gasteiger partial charge < -0.3 is 10.1 Å². The van der Waals surface area contributed by atoms with Crippen molar-refractivity contribution in [2.24, 2.45) is 0 Å². The van der Waals surface area contributed by atoms with E-state index in [4.69, 9.17) is 16.7 Å². The molecule has 1 heterocycles. The van der Waals surface area contributed by atoms with Crippen LogP contribution in [-0.2, 0) is 6.61 Å². The number of aromatic nitrogens is 2. The van der Waals surface area contributed by atoms with Crippen LogP contribution in [0.15, 0.2) is 24.4 Å². The van der Waals surface area contributed by atoms with Crippen molar-refractivity contribution < 1.29 is 9.50 Å². The molecule has 0 aliphatic heterocycles. The largest absolute Gasteiger partial charge is 0.390 e. The molecular formula is C10H8ClFN2O. The van der Waals surface area contributed by atoms with Gasteiger partial charge in [-0.1, -0.05) is 17.7 Å². The normalized spacial score (nSPS) is 10.6. The molecule has 3 nitrogen and oxygen atoms in total. The van der Waals surface area contributed by atoms with Crippen molar-refractivity contribution in [3.8, 4) is 11.4 Å². The van der Waals surface area contributed by atoms with E-state index in [0.717, 1.165) is 0 Å². The highest BCUT2D eigenvalue weighted by molar-refractivity contribution is 6.33. The molecule has 0 atom stereocenters. The van der Waals surface area contributed by atoms with E-state index in [0.29, 0.717) is 11.5 Å². The number of aliphatic hydroxyl groups excluding tert-OH is 1. The van der Waals surface area contributed by atoms with Crippen molar-refractivity contribution >= 4 is 11.6 Å². The van der Waals surface area contributed by atoms with Crippen LogP contribution >= 0.6 is 11.6 Å². The Hall–Kier alpha value is -1.39. The fourth-order valence-corrected chi connectivity index (χ4v) is 1.54. The minimum atomic E-state index is -0.443. The maximum absolute atomic E-state index is 13.4. The molecule has 0 unspecified atom stereocenters. The van der Waals surface area contributed by atoms with Gasteiger partial charge in [0.05, 0.1) is 29.1 Å². The molecule has 0 amide bonds. The summed E-state index contributed by atoms with van der Waals surface area (Å²) in [5.41, 5.74) is 0.739. The van der Waals surface area contributed by atoms with E-state index >= 15 is 0 Å². The van der Waals surface area contributed by atoms with E-state index in [1.54, 1.807) is 6.07 Å². The number of benzene rings is 1. The first-order valence-corrected chi connectivity index (χ1v) is 4.69. The molecule has 0 spiro atoms. The van der Waals surface area contributed by atoms with Crippen LogP contribution in [0.2, 0.25) is 5.02 Å². The molecule has 0 fully saturated rings. The van der Waals surface area contributed by atoms with Crippen LogP contribution in [-0.4, -0.2) is 15.1 Å². The number of halogens is 2. The lowest BCUT2D eigenvalue weighted by Crippen LogP contribution is -1.88. The average Bonchev–Trinajstić information content (AvgIpc) is 2.66. The molecule has 0 saturated carbocycles.